The Balaban J connectivity index is 1.44. The summed E-state index contributed by atoms with van der Waals surface area (Å²) in [6.07, 6.45) is 3.83. The number of benzene rings is 4. The minimum absolute atomic E-state index is 0.353. The summed E-state index contributed by atoms with van der Waals surface area (Å²) < 4.78 is 27.8. The van der Waals surface area contributed by atoms with Crippen LogP contribution in [0.5, 0.6) is 28.7 Å². The highest BCUT2D eigenvalue weighted by atomic mass is 16.6. The first-order valence-electron chi connectivity index (χ1n) is 12.1. The van der Waals surface area contributed by atoms with Crippen LogP contribution in [-0.2, 0) is 4.79 Å². The summed E-state index contributed by atoms with van der Waals surface area (Å²) in [4.78, 5) is 13.6. The first kappa shape index (κ1) is 25.0. The molecule has 0 saturated carbocycles. The Labute approximate surface area is 222 Å². The van der Waals surface area contributed by atoms with Gasteiger partial charge in [0.05, 0.1) is 28.4 Å². The van der Waals surface area contributed by atoms with Crippen molar-refractivity contribution >= 4 is 18.1 Å². The van der Waals surface area contributed by atoms with Crippen LogP contribution in [0, 0.1) is 0 Å². The van der Waals surface area contributed by atoms with Gasteiger partial charge in [-0.25, -0.2) is 0 Å². The first-order chi connectivity index (χ1) is 18.6. The highest BCUT2D eigenvalue weighted by Crippen LogP contribution is 2.45. The molecule has 0 radical (unpaired) electrons. The molecule has 0 atom stereocenters. The molecule has 0 spiro atoms. The van der Waals surface area contributed by atoms with Crippen LogP contribution in [0.3, 0.4) is 0 Å². The van der Waals surface area contributed by atoms with Crippen molar-refractivity contribution in [2.45, 2.75) is 5.92 Å². The van der Waals surface area contributed by atoms with Crippen molar-refractivity contribution in [3.8, 4) is 39.9 Å². The molecule has 0 N–H and O–H groups in total. The van der Waals surface area contributed by atoms with Gasteiger partial charge in [0.15, 0.2) is 23.0 Å². The fourth-order valence-corrected chi connectivity index (χ4v) is 4.84. The van der Waals surface area contributed by atoms with E-state index in [1.807, 2.05) is 78.9 Å². The number of rotatable bonds is 8. The quantitative estimate of drug-likeness (QED) is 0.152. The number of methoxy groups -OCH3 is 4. The van der Waals surface area contributed by atoms with Crippen molar-refractivity contribution in [1.29, 1.82) is 0 Å². The van der Waals surface area contributed by atoms with Crippen LogP contribution in [-0.4, -0.2) is 34.4 Å². The van der Waals surface area contributed by atoms with Gasteiger partial charge in [0.2, 0.25) is 5.75 Å². The lowest BCUT2D eigenvalue weighted by Crippen LogP contribution is -2.18. The zero-order valence-electron chi connectivity index (χ0n) is 21.7. The molecule has 0 aliphatic heterocycles. The van der Waals surface area contributed by atoms with Crippen molar-refractivity contribution in [3.05, 3.63) is 101 Å². The highest BCUT2D eigenvalue weighted by molar-refractivity contribution is 5.94. The van der Waals surface area contributed by atoms with E-state index >= 15 is 0 Å². The molecule has 0 saturated heterocycles. The average Bonchev–Trinajstić information content (AvgIpc) is 3.30. The molecule has 6 nitrogen and oxygen atoms in total. The van der Waals surface area contributed by atoms with E-state index < -0.39 is 5.92 Å². The Morgan fingerprint density at radius 2 is 1.13 bits per heavy atom. The highest BCUT2D eigenvalue weighted by Gasteiger charge is 2.35. The van der Waals surface area contributed by atoms with Crippen LogP contribution >= 0.6 is 0 Å². The second-order valence-electron chi connectivity index (χ2n) is 8.73. The largest absolute Gasteiger partial charge is 0.493 e. The monoisotopic (exact) mass is 508 g/mol. The minimum Gasteiger partial charge on any atom is -0.493 e. The van der Waals surface area contributed by atoms with E-state index in [2.05, 4.69) is 0 Å². The summed E-state index contributed by atoms with van der Waals surface area (Å²) in [5.41, 5.74) is 5.67. The number of carbonyl (C=O) groups is 1. The minimum atomic E-state index is -0.509. The summed E-state index contributed by atoms with van der Waals surface area (Å²) in [5, 5.41) is 0. The first-order valence-corrected chi connectivity index (χ1v) is 12.1. The predicted molar refractivity (Wildman–Crippen MR) is 147 cm³/mol. The van der Waals surface area contributed by atoms with Crippen LogP contribution in [0.4, 0.5) is 0 Å². The third-order valence-corrected chi connectivity index (χ3v) is 6.62. The SMILES string of the molecule is COc1ccc(/C=C/c2cc(OC)c(OC)c(OC)c2)cc1OC(=O)C1c2ccccc2-c2ccccc21. The van der Waals surface area contributed by atoms with Crippen LogP contribution in [0.2, 0.25) is 0 Å². The topological polar surface area (TPSA) is 63.2 Å². The molecule has 0 fully saturated rings. The average molecular weight is 509 g/mol. The molecule has 4 aromatic carbocycles. The second-order valence-corrected chi connectivity index (χ2v) is 8.73. The van der Waals surface area contributed by atoms with Gasteiger partial charge in [-0.15, -0.1) is 0 Å². The van der Waals surface area contributed by atoms with E-state index in [1.165, 1.54) is 0 Å². The number of carbonyl (C=O) groups excluding carboxylic acids is 1. The third-order valence-electron chi connectivity index (χ3n) is 6.62. The Morgan fingerprint density at radius 3 is 1.68 bits per heavy atom. The summed E-state index contributed by atoms with van der Waals surface area (Å²) in [7, 11) is 6.28. The third kappa shape index (κ3) is 4.57. The molecule has 0 aromatic heterocycles. The maximum atomic E-state index is 13.6. The van der Waals surface area contributed by atoms with Gasteiger partial charge < -0.3 is 23.7 Å². The Hall–Kier alpha value is -4.71. The molecule has 0 heterocycles. The molecule has 0 amide bonds. The number of hydrogen-bond acceptors (Lipinski definition) is 6. The van der Waals surface area contributed by atoms with Crippen molar-refractivity contribution in [2.24, 2.45) is 0 Å². The zero-order valence-corrected chi connectivity index (χ0v) is 21.7. The Bertz CT molecular complexity index is 1450. The molecule has 4 aromatic rings. The molecule has 1 aliphatic carbocycles. The van der Waals surface area contributed by atoms with E-state index in [0.29, 0.717) is 28.7 Å². The van der Waals surface area contributed by atoms with E-state index in [9.17, 15) is 4.79 Å². The number of hydrogen-bond donors (Lipinski definition) is 0. The van der Waals surface area contributed by atoms with Crippen molar-refractivity contribution in [3.63, 3.8) is 0 Å². The molecule has 0 bridgehead atoms. The predicted octanol–water partition coefficient (Wildman–Crippen LogP) is 6.61. The summed E-state index contributed by atoms with van der Waals surface area (Å²) in [6, 6.07) is 25.1. The number of ether oxygens (including phenoxy) is 5. The van der Waals surface area contributed by atoms with E-state index in [-0.39, 0.29) is 5.97 Å². The Morgan fingerprint density at radius 1 is 0.605 bits per heavy atom. The van der Waals surface area contributed by atoms with Gasteiger partial charge in [0, 0.05) is 0 Å². The number of fused-ring (bicyclic) bond motifs is 3. The molecular formula is C32H28O6. The molecule has 0 unspecified atom stereocenters. The van der Waals surface area contributed by atoms with Gasteiger partial charge in [0.25, 0.3) is 0 Å². The van der Waals surface area contributed by atoms with Crippen LogP contribution in [0.1, 0.15) is 28.2 Å². The van der Waals surface area contributed by atoms with Gasteiger partial charge in [-0.2, -0.15) is 0 Å². The molecule has 38 heavy (non-hydrogen) atoms. The van der Waals surface area contributed by atoms with Gasteiger partial charge in [-0.3, -0.25) is 4.79 Å². The lowest BCUT2D eigenvalue weighted by atomic mass is 9.97. The maximum absolute atomic E-state index is 13.6. The van der Waals surface area contributed by atoms with Crippen LogP contribution < -0.4 is 23.7 Å². The lowest BCUT2D eigenvalue weighted by molar-refractivity contribution is -0.135. The molecule has 6 heteroatoms. The van der Waals surface area contributed by atoms with Crippen molar-refractivity contribution < 1.29 is 28.5 Å². The normalized spacial score (nSPS) is 12.1. The fraction of sp³-hybridized carbons (Fsp3) is 0.156. The summed E-state index contributed by atoms with van der Waals surface area (Å²) in [6.45, 7) is 0. The van der Waals surface area contributed by atoms with Crippen LogP contribution in [0.25, 0.3) is 23.3 Å². The summed E-state index contributed by atoms with van der Waals surface area (Å²) >= 11 is 0. The fourth-order valence-electron chi connectivity index (χ4n) is 4.84. The van der Waals surface area contributed by atoms with E-state index in [4.69, 9.17) is 23.7 Å². The van der Waals surface area contributed by atoms with Crippen LogP contribution in [0.15, 0.2) is 78.9 Å². The van der Waals surface area contributed by atoms with Gasteiger partial charge in [-0.05, 0) is 57.6 Å². The Kier molecular flexibility index (Phi) is 7.05. The molecular weight excluding hydrogens is 480 g/mol. The molecule has 5 rings (SSSR count). The van der Waals surface area contributed by atoms with Gasteiger partial charge >= 0.3 is 5.97 Å². The molecule has 1 aliphatic rings. The zero-order chi connectivity index (χ0) is 26.6. The van der Waals surface area contributed by atoms with E-state index in [0.717, 1.165) is 33.4 Å². The van der Waals surface area contributed by atoms with Gasteiger partial charge in [-0.1, -0.05) is 66.7 Å². The van der Waals surface area contributed by atoms with Crippen molar-refractivity contribution in [1.82, 2.24) is 0 Å². The maximum Gasteiger partial charge on any atom is 0.323 e. The van der Waals surface area contributed by atoms with Gasteiger partial charge in [0.1, 0.15) is 5.92 Å². The molecule has 192 valence electrons. The smallest absolute Gasteiger partial charge is 0.323 e. The van der Waals surface area contributed by atoms with E-state index in [1.54, 1.807) is 40.6 Å². The summed E-state index contributed by atoms with van der Waals surface area (Å²) in [5.74, 6) is 1.62. The second kappa shape index (κ2) is 10.7. The lowest BCUT2D eigenvalue weighted by Gasteiger charge is -2.15. The standard InChI is InChI=1S/C32H28O6/c1-34-26-16-15-20(13-14-21-18-28(35-2)31(37-4)29(19-21)36-3)17-27(26)38-32(33)30-24-11-7-5-9-22(24)23-10-6-8-12-25(23)30/h5-19,30H,1-4H3/b14-13+. The van der Waals surface area contributed by atoms with Crippen molar-refractivity contribution in [2.75, 3.05) is 28.4 Å². The number of esters is 1.